The van der Waals surface area contributed by atoms with Crippen LogP contribution in [0.15, 0.2) is 52.9 Å². The van der Waals surface area contributed by atoms with Gasteiger partial charge < -0.3 is 8.98 Å². The summed E-state index contributed by atoms with van der Waals surface area (Å²) in [7, 11) is 0. The lowest BCUT2D eigenvalue weighted by atomic mass is 9.96. The smallest absolute Gasteiger partial charge is 0.222 e. The molecule has 0 saturated heterocycles. The largest absolute Gasteiger partial charge is 0.425 e. The zero-order valence-corrected chi connectivity index (χ0v) is 22.7. The predicted octanol–water partition coefficient (Wildman–Crippen LogP) is 5.22. The van der Waals surface area contributed by atoms with E-state index in [1.807, 2.05) is 25.1 Å². The van der Waals surface area contributed by atoms with Crippen LogP contribution in [0, 0.1) is 6.92 Å². The maximum atomic E-state index is 5.77. The minimum absolute atomic E-state index is 0.176. The molecule has 1 aliphatic carbocycles. The zero-order valence-electron chi connectivity index (χ0n) is 22.7. The number of benzene rings is 2. The highest BCUT2D eigenvalue weighted by Crippen LogP contribution is 2.40. The van der Waals surface area contributed by atoms with Crippen LogP contribution in [0.2, 0.25) is 0 Å². The minimum atomic E-state index is 0.176. The van der Waals surface area contributed by atoms with Crippen LogP contribution in [0.4, 0.5) is 0 Å². The molecule has 10 nitrogen and oxygen atoms in total. The molecule has 7 rings (SSSR count). The number of hydrogen-bond donors (Lipinski definition) is 1. The monoisotopic (exact) mass is 531 g/mol. The predicted molar refractivity (Wildman–Crippen MR) is 150 cm³/mol. The van der Waals surface area contributed by atoms with Crippen molar-refractivity contribution in [2.75, 3.05) is 0 Å². The van der Waals surface area contributed by atoms with Crippen LogP contribution in [0.1, 0.15) is 66.3 Å². The number of aryl methyl sites for hydroxylation is 4. The lowest BCUT2D eigenvalue weighted by Gasteiger charge is -2.18. The van der Waals surface area contributed by atoms with E-state index in [9.17, 15) is 0 Å². The first-order valence-corrected chi connectivity index (χ1v) is 13.8. The maximum Gasteiger partial charge on any atom is 0.222 e. The van der Waals surface area contributed by atoms with Crippen LogP contribution in [0.3, 0.4) is 0 Å². The maximum absolute atomic E-state index is 5.77. The van der Waals surface area contributed by atoms with E-state index in [1.54, 1.807) is 0 Å². The van der Waals surface area contributed by atoms with E-state index in [4.69, 9.17) is 14.4 Å². The number of H-pyrrole nitrogens is 1. The van der Waals surface area contributed by atoms with Crippen LogP contribution < -0.4 is 0 Å². The topological polar surface area (TPSA) is 124 Å². The Kier molecular flexibility index (Phi) is 5.95. The highest BCUT2D eigenvalue weighted by molar-refractivity contribution is 5.81. The standard InChI is InChI=1S/C30H29N9O/c1-4-25-32-28-17(3)14-20(16-27-34-33-26(5-2)40-27)31-30(28)39(25)24-13-11-19-15-18(10-12-22(19)24)21-8-6-7-9-23(21)29-35-37-38-36-29/h6-10,12,14-15,24H,4-5,11,13,16H2,1-3H3,(H,35,36,37,38). The van der Waals surface area contributed by atoms with E-state index in [1.165, 1.54) is 11.1 Å². The Morgan fingerprint density at radius 3 is 2.58 bits per heavy atom. The molecule has 0 radical (unpaired) electrons. The number of rotatable bonds is 7. The van der Waals surface area contributed by atoms with Crippen LogP contribution in [-0.4, -0.2) is 45.4 Å². The van der Waals surface area contributed by atoms with Gasteiger partial charge in [-0.05, 0) is 64.1 Å². The zero-order chi connectivity index (χ0) is 27.2. The van der Waals surface area contributed by atoms with Crippen LogP contribution in [-0.2, 0) is 25.7 Å². The van der Waals surface area contributed by atoms with E-state index in [0.717, 1.165) is 70.6 Å². The number of nitrogens with one attached hydrogen (secondary N) is 1. The number of tetrazole rings is 1. The molecule has 0 spiro atoms. The van der Waals surface area contributed by atoms with Crippen molar-refractivity contribution in [2.45, 2.75) is 58.9 Å². The molecule has 1 aliphatic rings. The minimum Gasteiger partial charge on any atom is -0.425 e. The van der Waals surface area contributed by atoms with Gasteiger partial charge in [-0.3, -0.25) is 0 Å². The van der Waals surface area contributed by atoms with Gasteiger partial charge in [0.1, 0.15) is 11.3 Å². The molecule has 0 amide bonds. The summed E-state index contributed by atoms with van der Waals surface area (Å²) in [6, 6.07) is 17.3. The van der Waals surface area contributed by atoms with Gasteiger partial charge in [-0.25, -0.2) is 15.1 Å². The number of imidazole rings is 1. The number of fused-ring (bicyclic) bond motifs is 2. The van der Waals surface area contributed by atoms with Gasteiger partial charge >= 0.3 is 0 Å². The fourth-order valence-electron chi connectivity index (χ4n) is 5.90. The van der Waals surface area contributed by atoms with E-state index < -0.39 is 0 Å². The molecule has 4 aromatic heterocycles. The average Bonchev–Trinajstić information content (AvgIpc) is 3.79. The number of aromatic nitrogens is 9. The van der Waals surface area contributed by atoms with Gasteiger partial charge in [0.25, 0.3) is 0 Å². The fourth-order valence-corrected chi connectivity index (χ4v) is 5.90. The van der Waals surface area contributed by atoms with Gasteiger partial charge in [0.2, 0.25) is 11.8 Å². The average molecular weight is 532 g/mol. The summed E-state index contributed by atoms with van der Waals surface area (Å²) in [4.78, 5) is 10.2. The molecule has 2 aromatic carbocycles. The Balaban J connectivity index is 1.28. The molecular formula is C30H29N9O. The summed E-state index contributed by atoms with van der Waals surface area (Å²) < 4.78 is 8.13. The quantitative estimate of drug-likeness (QED) is 0.297. The van der Waals surface area contributed by atoms with E-state index >= 15 is 0 Å². The van der Waals surface area contributed by atoms with Crippen LogP contribution in [0.5, 0.6) is 0 Å². The Hall–Kier alpha value is -4.73. The Bertz CT molecular complexity index is 1830. The van der Waals surface area contributed by atoms with Crippen molar-refractivity contribution in [1.82, 2.24) is 45.4 Å². The molecule has 0 saturated carbocycles. The van der Waals surface area contributed by atoms with Gasteiger partial charge in [0.05, 0.1) is 18.2 Å². The third-order valence-corrected chi connectivity index (χ3v) is 7.76. The molecule has 1 atom stereocenters. The number of hydrogen-bond acceptors (Lipinski definition) is 8. The van der Waals surface area contributed by atoms with Crippen molar-refractivity contribution in [3.63, 3.8) is 0 Å². The number of pyridine rings is 1. The Labute approximate surface area is 230 Å². The lowest BCUT2D eigenvalue weighted by molar-refractivity contribution is 0.461. The SMILES string of the molecule is CCc1nnc(Cc2cc(C)c3nc(CC)n(C4CCc5cc(-c6ccccc6-c6nnn[nH]6)ccc54)c3n2)o1. The van der Waals surface area contributed by atoms with Crippen LogP contribution in [0.25, 0.3) is 33.7 Å². The summed E-state index contributed by atoms with van der Waals surface area (Å²) in [5, 5.41) is 22.9. The van der Waals surface area contributed by atoms with E-state index in [0.29, 0.717) is 24.0 Å². The molecule has 40 heavy (non-hydrogen) atoms. The summed E-state index contributed by atoms with van der Waals surface area (Å²) in [6.45, 7) is 6.27. The third-order valence-electron chi connectivity index (χ3n) is 7.76. The highest BCUT2D eigenvalue weighted by atomic mass is 16.4. The first kappa shape index (κ1) is 24.3. The van der Waals surface area contributed by atoms with Gasteiger partial charge in [-0.15, -0.1) is 15.3 Å². The fraction of sp³-hybridized carbons (Fsp3) is 0.300. The third kappa shape index (κ3) is 4.07. The molecule has 10 heteroatoms. The van der Waals surface area contributed by atoms with Gasteiger partial charge in [0.15, 0.2) is 11.5 Å². The van der Waals surface area contributed by atoms with E-state index in [2.05, 4.69) is 79.6 Å². The molecule has 6 aromatic rings. The number of aromatic amines is 1. The van der Waals surface area contributed by atoms with Gasteiger partial charge in [-0.1, -0.05) is 56.3 Å². The molecule has 0 aliphatic heterocycles. The molecule has 0 bridgehead atoms. The summed E-state index contributed by atoms with van der Waals surface area (Å²) in [5.41, 5.74) is 9.81. The molecular weight excluding hydrogens is 502 g/mol. The highest BCUT2D eigenvalue weighted by Gasteiger charge is 2.29. The van der Waals surface area contributed by atoms with Crippen molar-refractivity contribution in [3.8, 4) is 22.5 Å². The first-order valence-electron chi connectivity index (χ1n) is 13.8. The van der Waals surface area contributed by atoms with Crippen molar-refractivity contribution in [1.29, 1.82) is 0 Å². The number of nitrogens with zero attached hydrogens (tertiary/aromatic N) is 8. The van der Waals surface area contributed by atoms with Gasteiger partial charge in [0, 0.05) is 18.4 Å². The Morgan fingerprint density at radius 1 is 0.950 bits per heavy atom. The summed E-state index contributed by atoms with van der Waals surface area (Å²) in [5.74, 6) is 2.95. The second-order valence-electron chi connectivity index (χ2n) is 10.2. The normalized spacial score (nSPS) is 14.7. The summed E-state index contributed by atoms with van der Waals surface area (Å²) >= 11 is 0. The van der Waals surface area contributed by atoms with Crippen molar-refractivity contribution in [2.24, 2.45) is 0 Å². The molecule has 0 fully saturated rings. The molecule has 1 N–H and O–H groups in total. The second-order valence-corrected chi connectivity index (χ2v) is 10.2. The molecule has 1 unspecified atom stereocenters. The Morgan fingerprint density at radius 2 is 1.80 bits per heavy atom. The molecule has 200 valence electrons. The lowest BCUT2D eigenvalue weighted by Crippen LogP contribution is -2.12. The van der Waals surface area contributed by atoms with E-state index in [-0.39, 0.29) is 6.04 Å². The second kappa shape index (κ2) is 9.78. The van der Waals surface area contributed by atoms with Crippen molar-refractivity contribution in [3.05, 3.63) is 88.5 Å². The van der Waals surface area contributed by atoms with Crippen molar-refractivity contribution >= 4 is 11.2 Å². The van der Waals surface area contributed by atoms with Crippen LogP contribution >= 0.6 is 0 Å². The first-order chi connectivity index (χ1) is 19.6. The summed E-state index contributed by atoms with van der Waals surface area (Å²) in [6.07, 6.45) is 4.04. The van der Waals surface area contributed by atoms with Gasteiger partial charge in [-0.2, -0.15) is 0 Å². The van der Waals surface area contributed by atoms with Crippen molar-refractivity contribution < 1.29 is 4.42 Å². The molecule has 4 heterocycles.